The third kappa shape index (κ3) is 3.14. The number of rotatable bonds is 1. The summed E-state index contributed by atoms with van der Waals surface area (Å²) in [5, 5.41) is 0. The van der Waals surface area contributed by atoms with E-state index in [4.69, 9.17) is 0 Å². The predicted molar refractivity (Wildman–Crippen MR) is 59.1 cm³/mol. The van der Waals surface area contributed by atoms with E-state index >= 15 is 0 Å². The molecule has 0 aromatic carbocycles. The maximum atomic E-state index is 4.02. The van der Waals surface area contributed by atoms with E-state index in [-0.39, 0.29) is 0 Å². The van der Waals surface area contributed by atoms with Crippen molar-refractivity contribution in [1.29, 1.82) is 0 Å². The van der Waals surface area contributed by atoms with Gasteiger partial charge in [0.1, 0.15) is 0 Å². The molecule has 0 saturated carbocycles. The fourth-order valence-corrected chi connectivity index (χ4v) is 4.87. The van der Waals surface area contributed by atoms with Crippen LogP contribution >= 0.6 is 0 Å². The molecule has 1 heterocycles. The van der Waals surface area contributed by atoms with Gasteiger partial charge in [-0.05, 0) is 0 Å². The van der Waals surface area contributed by atoms with Crippen LogP contribution in [0.2, 0.25) is 18.6 Å². The Morgan fingerprint density at radius 1 is 0.917 bits per heavy atom. The normalized spacial score (nSPS) is 25.1. The van der Waals surface area contributed by atoms with Crippen molar-refractivity contribution in [2.24, 2.45) is 0 Å². The largest absolute Gasteiger partial charge is 0.107 e. The topological polar surface area (TPSA) is 0 Å². The molecule has 0 aromatic rings. The molecule has 0 radical (unpaired) electrons. The monoisotopic (exact) mass is 182 g/mol. The Bertz CT molecular complexity index is 130. The van der Waals surface area contributed by atoms with Gasteiger partial charge in [0.25, 0.3) is 0 Å². The first-order valence-electron chi connectivity index (χ1n) is 5.40. The average Bonchev–Trinajstić information content (AvgIpc) is 2.18. The van der Waals surface area contributed by atoms with Gasteiger partial charge >= 0.3 is 0 Å². The highest BCUT2D eigenvalue weighted by atomic mass is 28.3. The van der Waals surface area contributed by atoms with E-state index in [0.29, 0.717) is 0 Å². The van der Waals surface area contributed by atoms with Gasteiger partial charge < -0.3 is 0 Å². The molecule has 0 bridgehead atoms. The summed E-state index contributed by atoms with van der Waals surface area (Å²) >= 11 is 0. The van der Waals surface area contributed by atoms with Gasteiger partial charge in [-0.3, -0.25) is 0 Å². The van der Waals surface area contributed by atoms with E-state index in [1.54, 1.807) is 0 Å². The first-order valence-corrected chi connectivity index (χ1v) is 8.40. The smallest absolute Gasteiger partial charge is 0.0740 e. The van der Waals surface area contributed by atoms with Crippen molar-refractivity contribution in [3.8, 4) is 0 Å². The summed E-state index contributed by atoms with van der Waals surface area (Å²) in [7, 11) is -0.961. The molecule has 1 rings (SSSR count). The van der Waals surface area contributed by atoms with E-state index in [9.17, 15) is 0 Å². The zero-order valence-corrected chi connectivity index (χ0v) is 9.44. The highest BCUT2D eigenvalue weighted by Gasteiger charge is 2.22. The molecular weight excluding hydrogens is 160 g/mol. The molecule has 0 aliphatic carbocycles. The summed E-state index contributed by atoms with van der Waals surface area (Å²) in [5.74, 6) is 0. The van der Waals surface area contributed by atoms with Crippen molar-refractivity contribution < 1.29 is 0 Å². The summed E-state index contributed by atoms with van der Waals surface area (Å²) < 4.78 is 0. The lowest BCUT2D eigenvalue weighted by atomic mass is 10.1. The van der Waals surface area contributed by atoms with Crippen molar-refractivity contribution in [3.63, 3.8) is 0 Å². The second-order valence-corrected chi connectivity index (χ2v) is 9.20. The van der Waals surface area contributed by atoms with E-state index in [2.05, 4.69) is 18.8 Å². The fourth-order valence-electron chi connectivity index (χ4n) is 2.09. The molecule has 1 aliphatic rings. The first-order chi connectivity index (χ1) is 5.77. The van der Waals surface area contributed by atoms with Crippen LogP contribution in [0, 0.1) is 0 Å². The van der Waals surface area contributed by atoms with Crippen LogP contribution in [0.5, 0.6) is 0 Å². The molecule has 1 fully saturated rings. The molecule has 0 aromatic heterocycles. The van der Waals surface area contributed by atoms with E-state index in [0.717, 1.165) is 0 Å². The molecule has 1 aliphatic heterocycles. The molecule has 12 heavy (non-hydrogen) atoms. The highest BCUT2D eigenvalue weighted by molar-refractivity contribution is 6.83. The molecule has 0 atom stereocenters. The average molecular weight is 182 g/mol. The van der Waals surface area contributed by atoms with Crippen LogP contribution < -0.4 is 0 Å². The Labute approximate surface area is 78.1 Å². The molecule has 0 nitrogen and oxygen atoms in total. The summed E-state index contributed by atoms with van der Waals surface area (Å²) in [6, 6.07) is 2.99. The van der Waals surface area contributed by atoms with E-state index in [1.807, 2.05) is 0 Å². The lowest BCUT2D eigenvalue weighted by Gasteiger charge is -2.22. The maximum absolute atomic E-state index is 4.02. The Morgan fingerprint density at radius 2 is 1.33 bits per heavy atom. The lowest BCUT2D eigenvalue weighted by molar-refractivity contribution is 0.633. The van der Waals surface area contributed by atoms with Crippen molar-refractivity contribution in [2.75, 3.05) is 0 Å². The summed E-state index contributed by atoms with van der Waals surface area (Å²) in [4.78, 5) is 0. The standard InChI is InChI=1S/C11H22Si/c1-3-12(2)10-8-6-4-5-7-9-11-12/h3H,1,4-11H2,2H3. The Kier molecular flexibility index (Phi) is 4.06. The number of hydrogen-bond acceptors (Lipinski definition) is 0. The molecule has 1 saturated heterocycles. The molecule has 0 unspecified atom stereocenters. The quantitative estimate of drug-likeness (QED) is 0.535. The molecule has 0 spiro atoms. The summed E-state index contributed by atoms with van der Waals surface area (Å²) in [6.45, 7) is 6.53. The zero-order valence-electron chi connectivity index (χ0n) is 8.44. The second kappa shape index (κ2) is 4.86. The molecule has 1 heteroatoms. The van der Waals surface area contributed by atoms with Crippen LogP contribution in [0.1, 0.15) is 38.5 Å². The molecule has 70 valence electrons. The Balaban J connectivity index is 2.43. The SMILES string of the molecule is C=C[Si]1(C)CCCCCCCC1. The minimum atomic E-state index is -0.961. The van der Waals surface area contributed by atoms with Gasteiger partial charge in [-0.1, -0.05) is 57.2 Å². The molecular formula is C11H22Si. The lowest BCUT2D eigenvalue weighted by Crippen LogP contribution is -2.26. The number of hydrogen-bond donors (Lipinski definition) is 0. The first kappa shape index (κ1) is 10.0. The molecule has 0 amide bonds. The second-order valence-electron chi connectivity index (χ2n) is 4.48. The van der Waals surface area contributed by atoms with E-state index < -0.39 is 8.07 Å². The van der Waals surface area contributed by atoms with Gasteiger partial charge in [0.2, 0.25) is 0 Å². The van der Waals surface area contributed by atoms with Crippen LogP contribution in [-0.2, 0) is 0 Å². The Morgan fingerprint density at radius 3 is 1.75 bits per heavy atom. The van der Waals surface area contributed by atoms with Crippen molar-refractivity contribution >= 4 is 8.07 Å². The summed E-state index contributed by atoms with van der Waals surface area (Å²) in [6.07, 6.45) is 8.82. The third-order valence-corrected chi connectivity index (χ3v) is 7.22. The van der Waals surface area contributed by atoms with Gasteiger partial charge in [-0.15, -0.1) is 12.3 Å². The van der Waals surface area contributed by atoms with Crippen molar-refractivity contribution in [2.45, 2.75) is 57.2 Å². The van der Waals surface area contributed by atoms with Gasteiger partial charge in [0.15, 0.2) is 0 Å². The van der Waals surface area contributed by atoms with Gasteiger partial charge in [-0.25, -0.2) is 0 Å². The van der Waals surface area contributed by atoms with Crippen LogP contribution in [0.3, 0.4) is 0 Å². The zero-order chi connectivity index (χ0) is 8.86. The summed E-state index contributed by atoms with van der Waals surface area (Å²) in [5.41, 5.74) is 2.32. The van der Waals surface area contributed by atoms with Gasteiger partial charge in [0, 0.05) is 0 Å². The predicted octanol–water partition coefficient (Wildman–Crippen LogP) is 4.14. The van der Waals surface area contributed by atoms with E-state index in [1.165, 1.54) is 50.6 Å². The third-order valence-electron chi connectivity index (χ3n) is 3.24. The van der Waals surface area contributed by atoms with Crippen molar-refractivity contribution in [3.05, 3.63) is 12.3 Å². The minimum absolute atomic E-state index is 0.961. The minimum Gasteiger partial charge on any atom is -0.107 e. The van der Waals surface area contributed by atoms with Crippen LogP contribution in [0.15, 0.2) is 12.3 Å². The highest BCUT2D eigenvalue weighted by Crippen LogP contribution is 2.26. The van der Waals surface area contributed by atoms with Crippen LogP contribution in [-0.4, -0.2) is 8.07 Å². The van der Waals surface area contributed by atoms with Gasteiger partial charge in [0.05, 0.1) is 8.07 Å². The van der Waals surface area contributed by atoms with Crippen molar-refractivity contribution in [1.82, 2.24) is 0 Å². The fraction of sp³-hybridized carbons (Fsp3) is 0.818. The van der Waals surface area contributed by atoms with Crippen LogP contribution in [0.25, 0.3) is 0 Å². The molecule has 0 N–H and O–H groups in total. The van der Waals surface area contributed by atoms with Crippen LogP contribution in [0.4, 0.5) is 0 Å². The Hall–Kier alpha value is -0.0431. The maximum Gasteiger partial charge on any atom is 0.0740 e. The van der Waals surface area contributed by atoms with Gasteiger partial charge in [-0.2, -0.15) is 0 Å².